The number of methoxy groups -OCH3 is 1. The molecule has 2 aromatic rings. The second-order valence-corrected chi connectivity index (χ2v) is 9.56. The van der Waals surface area contributed by atoms with Gasteiger partial charge in [0.25, 0.3) is 0 Å². The Bertz CT molecular complexity index is 1020. The molecule has 0 aliphatic carbocycles. The Hall–Kier alpha value is -2.54. The first kappa shape index (κ1) is 23.7. The Balaban J connectivity index is 2.31. The number of ether oxygens (including phenoxy) is 1. The molecule has 1 N–H and O–H groups in total. The van der Waals surface area contributed by atoms with Crippen molar-refractivity contribution in [3.63, 3.8) is 0 Å². The lowest BCUT2D eigenvalue weighted by Gasteiger charge is -2.30. The van der Waals surface area contributed by atoms with Gasteiger partial charge in [0.05, 0.1) is 25.1 Å². The van der Waals surface area contributed by atoms with Gasteiger partial charge in [-0.3, -0.25) is 9.10 Å². The van der Waals surface area contributed by atoms with Crippen molar-refractivity contribution in [1.29, 1.82) is 0 Å². The first-order valence-corrected chi connectivity index (χ1v) is 11.9. The van der Waals surface area contributed by atoms with Gasteiger partial charge in [-0.1, -0.05) is 25.1 Å². The van der Waals surface area contributed by atoms with Crippen LogP contribution in [0, 0.1) is 20.8 Å². The fraction of sp³-hybridized carbons (Fsp3) is 0.435. The molecule has 2 aromatic carbocycles. The molecule has 2 rings (SSSR count). The van der Waals surface area contributed by atoms with Crippen molar-refractivity contribution >= 4 is 21.6 Å². The molecule has 0 unspecified atom stereocenters. The van der Waals surface area contributed by atoms with Crippen molar-refractivity contribution in [3.05, 3.63) is 58.7 Å². The maximum absolute atomic E-state index is 13.1. The van der Waals surface area contributed by atoms with E-state index in [9.17, 15) is 13.2 Å². The molecule has 7 heteroatoms. The molecule has 0 aromatic heterocycles. The minimum atomic E-state index is -3.66. The molecule has 0 fully saturated rings. The summed E-state index contributed by atoms with van der Waals surface area (Å²) in [5, 5.41) is 3.01. The maximum Gasteiger partial charge on any atom is 0.244 e. The van der Waals surface area contributed by atoms with E-state index < -0.39 is 16.1 Å². The summed E-state index contributed by atoms with van der Waals surface area (Å²) in [6.07, 6.45) is 1.79. The third kappa shape index (κ3) is 5.33. The number of carbonyl (C=O) groups is 1. The zero-order valence-electron chi connectivity index (χ0n) is 18.8. The number of aryl methyl sites for hydroxylation is 3. The van der Waals surface area contributed by atoms with Gasteiger partial charge < -0.3 is 10.1 Å². The van der Waals surface area contributed by atoms with Gasteiger partial charge in [-0.15, -0.1) is 0 Å². The van der Waals surface area contributed by atoms with Crippen molar-refractivity contribution in [3.8, 4) is 5.75 Å². The van der Waals surface area contributed by atoms with E-state index in [0.717, 1.165) is 34.3 Å². The van der Waals surface area contributed by atoms with Crippen molar-refractivity contribution in [2.45, 2.75) is 53.1 Å². The number of benzene rings is 2. The molecule has 0 radical (unpaired) electrons. The number of rotatable bonds is 8. The highest BCUT2D eigenvalue weighted by atomic mass is 32.2. The Morgan fingerprint density at radius 1 is 1.07 bits per heavy atom. The number of sulfonamides is 1. The second kappa shape index (κ2) is 9.51. The van der Waals surface area contributed by atoms with Crippen LogP contribution in [0.2, 0.25) is 0 Å². The molecule has 0 saturated heterocycles. The fourth-order valence-corrected chi connectivity index (χ4v) is 4.67. The summed E-state index contributed by atoms with van der Waals surface area (Å²) in [4.78, 5) is 13.1. The first-order chi connectivity index (χ1) is 14.0. The van der Waals surface area contributed by atoms with Gasteiger partial charge >= 0.3 is 0 Å². The van der Waals surface area contributed by atoms with E-state index in [1.807, 2.05) is 52.0 Å². The van der Waals surface area contributed by atoms with Crippen molar-refractivity contribution < 1.29 is 17.9 Å². The predicted molar refractivity (Wildman–Crippen MR) is 122 cm³/mol. The number of hydrogen-bond acceptors (Lipinski definition) is 4. The van der Waals surface area contributed by atoms with Gasteiger partial charge in [-0.2, -0.15) is 0 Å². The smallest absolute Gasteiger partial charge is 0.244 e. The highest BCUT2D eigenvalue weighted by Crippen LogP contribution is 2.26. The van der Waals surface area contributed by atoms with Gasteiger partial charge in [0.15, 0.2) is 0 Å². The van der Waals surface area contributed by atoms with Crippen LogP contribution < -0.4 is 14.4 Å². The largest absolute Gasteiger partial charge is 0.496 e. The van der Waals surface area contributed by atoms with Crippen LogP contribution in [0.15, 0.2) is 36.4 Å². The molecular weight excluding hydrogens is 400 g/mol. The minimum Gasteiger partial charge on any atom is -0.496 e. The average Bonchev–Trinajstić information content (AvgIpc) is 2.67. The monoisotopic (exact) mass is 432 g/mol. The Kier molecular flexibility index (Phi) is 7.53. The summed E-state index contributed by atoms with van der Waals surface area (Å²) < 4.78 is 31.6. The van der Waals surface area contributed by atoms with Crippen LogP contribution in [-0.4, -0.2) is 33.7 Å². The number of hydrogen-bond donors (Lipinski definition) is 1. The SMILES string of the molecule is CC[C@@H](NC(=O)[C@@H](C)N(c1ccc(C)c(C)c1)S(C)(=O)=O)c1ccc(OC)c(C)c1. The van der Waals surface area contributed by atoms with Crippen molar-refractivity contribution in [2.24, 2.45) is 0 Å². The molecule has 2 atom stereocenters. The third-order valence-electron chi connectivity index (χ3n) is 5.38. The summed E-state index contributed by atoms with van der Waals surface area (Å²) in [5.41, 5.74) is 4.44. The molecule has 0 heterocycles. The molecule has 164 valence electrons. The van der Waals surface area contributed by atoms with Crippen molar-refractivity contribution in [2.75, 3.05) is 17.7 Å². The maximum atomic E-state index is 13.1. The standard InChI is InChI=1S/C23H32N2O4S/c1-8-21(19-10-12-22(29-6)17(4)13-19)24-23(26)18(5)25(30(7,27)28)20-11-9-15(2)16(3)14-20/h9-14,18,21H,8H2,1-7H3,(H,24,26)/t18-,21-/m1/s1. The van der Waals surface area contributed by atoms with E-state index in [4.69, 9.17) is 4.74 Å². The lowest BCUT2D eigenvalue weighted by atomic mass is 10.0. The van der Waals surface area contributed by atoms with E-state index in [2.05, 4.69) is 5.32 Å². The molecule has 0 saturated carbocycles. The van der Waals surface area contributed by atoms with E-state index in [1.165, 1.54) is 4.31 Å². The topological polar surface area (TPSA) is 75.7 Å². The third-order valence-corrected chi connectivity index (χ3v) is 6.62. The molecule has 0 aliphatic heterocycles. The normalized spacial score (nSPS) is 13.4. The molecule has 30 heavy (non-hydrogen) atoms. The van der Waals surface area contributed by atoms with Crippen LogP contribution in [0.25, 0.3) is 0 Å². The first-order valence-electron chi connectivity index (χ1n) is 10.0. The molecule has 0 spiro atoms. The van der Waals surface area contributed by atoms with Crippen LogP contribution in [0.4, 0.5) is 5.69 Å². The zero-order chi connectivity index (χ0) is 22.6. The van der Waals surface area contributed by atoms with E-state index in [-0.39, 0.29) is 11.9 Å². The molecular formula is C23H32N2O4S. The lowest BCUT2D eigenvalue weighted by molar-refractivity contribution is -0.122. The lowest BCUT2D eigenvalue weighted by Crippen LogP contribution is -2.48. The van der Waals surface area contributed by atoms with Gasteiger partial charge in [0, 0.05) is 0 Å². The van der Waals surface area contributed by atoms with Crippen LogP contribution in [0.3, 0.4) is 0 Å². The summed E-state index contributed by atoms with van der Waals surface area (Å²) in [7, 11) is -2.04. The summed E-state index contributed by atoms with van der Waals surface area (Å²) >= 11 is 0. The van der Waals surface area contributed by atoms with Gasteiger partial charge in [-0.05, 0) is 74.6 Å². The minimum absolute atomic E-state index is 0.231. The van der Waals surface area contributed by atoms with Gasteiger partial charge in [0.1, 0.15) is 11.8 Å². The van der Waals surface area contributed by atoms with Crippen LogP contribution >= 0.6 is 0 Å². The van der Waals surface area contributed by atoms with Crippen LogP contribution in [0.1, 0.15) is 48.6 Å². The van der Waals surface area contributed by atoms with E-state index >= 15 is 0 Å². The molecule has 1 amide bonds. The molecule has 6 nitrogen and oxygen atoms in total. The second-order valence-electron chi connectivity index (χ2n) is 7.70. The molecule has 0 bridgehead atoms. The van der Waals surface area contributed by atoms with E-state index in [0.29, 0.717) is 12.1 Å². The number of carbonyl (C=O) groups excluding carboxylic acids is 1. The van der Waals surface area contributed by atoms with Gasteiger partial charge in [0.2, 0.25) is 15.9 Å². The van der Waals surface area contributed by atoms with Gasteiger partial charge in [-0.25, -0.2) is 8.42 Å². The quantitative estimate of drug-likeness (QED) is 0.683. The van der Waals surface area contributed by atoms with E-state index in [1.54, 1.807) is 26.2 Å². The number of nitrogens with one attached hydrogen (secondary N) is 1. The Labute approximate surface area is 180 Å². The highest BCUT2D eigenvalue weighted by molar-refractivity contribution is 7.92. The Morgan fingerprint density at radius 2 is 1.73 bits per heavy atom. The van der Waals surface area contributed by atoms with Crippen molar-refractivity contribution in [1.82, 2.24) is 5.32 Å². The fourth-order valence-electron chi connectivity index (χ4n) is 3.50. The number of amides is 1. The van der Waals surface area contributed by atoms with Crippen LogP contribution in [-0.2, 0) is 14.8 Å². The van der Waals surface area contributed by atoms with Crippen LogP contribution in [0.5, 0.6) is 5.75 Å². The zero-order valence-corrected chi connectivity index (χ0v) is 19.6. The summed E-state index contributed by atoms with van der Waals surface area (Å²) in [6.45, 7) is 9.42. The average molecular weight is 433 g/mol. The number of nitrogens with zero attached hydrogens (tertiary/aromatic N) is 1. The molecule has 0 aliphatic rings. The summed E-state index contributed by atoms with van der Waals surface area (Å²) in [6, 6.07) is 10.0. The number of anilines is 1. The summed E-state index contributed by atoms with van der Waals surface area (Å²) in [5.74, 6) is 0.435. The predicted octanol–water partition coefficient (Wildman–Crippen LogP) is 4.04. The Morgan fingerprint density at radius 3 is 2.23 bits per heavy atom. The highest BCUT2D eigenvalue weighted by Gasteiger charge is 2.30.